The SMILES string of the molecule is CCC[C@@H]1OC(C)=Cc2cc3c(c(O)c21)C(=O)C([C@H]1OC[C@H](O)[C@@H](CO)O1)=CC3=O. The van der Waals surface area contributed by atoms with Crippen LogP contribution in [0.3, 0.4) is 0 Å². The first-order chi connectivity index (χ1) is 14.3. The molecule has 1 fully saturated rings. The number of aliphatic hydroxyl groups excluding tert-OH is 2. The average molecular weight is 416 g/mol. The molecule has 8 heteroatoms. The number of carbonyl (C=O) groups excluding carboxylic acids is 2. The van der Waals surface area contributed by atoms with E-state index >= 15 is 0 Å². The van der Waals surface area contributed by atoms with Gasteiger partial charge in [-0.2, -0.15) is 0 Å². The molecule has 4 atom stereocenters. The van der Waals surface area contributed by atoms with E-state index in [2.05, 4.69) is 0 Å². The molecule has 160 valence electrons. The number of Topliss-reactive ketones (excluding diaryl/α,β-unsaturated/α-hetero) is 1. The molecule has 8 nitrogen and oxygen atoms in total. The molecular weight excluding hydrogens is 392 g/mol. The van der Waals surface area contributed by atoms with Gasteiger partial charge in [-0.15, -0.1) is 0 Å². The maximum absolute atomic E-state index is 13.3. The smallest absolute Gasteiger partial charge is 0.198 e. The van der Waals surface area contributed by atoms with Crippen LogP contribution in [0.15, 0.2) is 23.5 Å². The van der Waals surface area contributed by atoms with Gasteiger partial charge >= 0.3 is 0 Å². The minimum absolute atomic E-state index is 0.0800. The van der Waals surface area contributed by atoms with Gasteiger partial charge in [0, 0.05) is 11.1 Å². The molecule has 3 N–H and O–H groups in total. The van der Waals surface area contributed by atoms with Crippen molar-refractivity contribution in [3.63, 3.8) is 0 Å². The molecule has 1 aliphatic carbocycles. The third-order valence-electron chi connectivity index (χ3n) is 5.55. The maximum atomic E-state index is 13.3. The summed E-state index contributed by atoms with van der Waals surface area (Å²) in [6.07, 6.45) is 0.675. The number of aliphatic hydroxyl groups is 2. The van der Waals surface area contributed by atoms with Crippen LogP contribution in [-0.2, 0) is 14.2 Å². The summed E-state index contributed by atoms with van der Waals surface area (Å²) in [5, 5.41) is 30.2. The van der Waals surface area contributed by atoms with E-state index in [1.165, 1.54) is 0 Å². The predicted octanol–water partition coefficient (Wildman–Crippen LogP) is 2.02. The van der Waals surface area contributed by atoms with Crippen LogP contribution in [-0.4, -0.2) is 58.6 Å². The van der Waals surface area contributed by atoms with Crippen molar-refractivity contribution in [3.05, 3.63) is 45.7 Å². The minimum atomic E-state index is -1.23. The highest BCUT2D eigenvalue weighted by Gasteiger charge is 2.40. The Morgan fingerprint density at radius 2 is 2.00 bits per heavy atom. The predicted molar refractivity (Wildman–Crippen MR) is 105 cm³/mol. The van der Waals surface area contributed by atoms with Gasteiger partial charge in [-0.1, -0.05) is 13.3 Å². The highest BCUT2D eigenvalue weighted by Crippen LogP contribution is 2.44. The van der Waals surface area contributed by atoms with E-state index < -0.39 is 42.8 Å². The summed E-state index contributed by atoms with van der Waals surface area (Å²) in [4.78, 5) is 26.1. The second kappa shape index (κ2) is 7.96. The number of ether oxygens (including phenoxy) is 3. The molecule has 2 heterocycles. The van der Waals surface area contributed by atoms with Crippen molar-refractivity contribution in [2.45, 2.75) is 51.3 Å². The molecule has 30 heavy (non-hydrogen) atoms. The summed E-state index contributed by atoms with van der Waals surface area (Å²) < 4.78 is 16.7. The Morgan fingerprint density at radius 3 is 2.70 bits per heavy atom. The van der Waals surface area contributed by atoms with Crippen molar-refractivity contribution in [3.8, 4) is 5.75 Å². The molecule has 0 saturated carbocycles. The molecule has 4 rings (SSSR count). The van der Waals surface area contributed by atoms with E-state index in [0.717, 1.165) is 12.5 Å². The summed E-state index contributed by atoms with van der Waals surface area (Å²) >= 11 is 0. The van der Waals surface area contributed by atoms with Gasteiger partial charge in [0.25, 0.3) is 0 Å². The molecule has 0 bridgehead atoms. The highest BCUT2D eigenvalue weighted by atomic mass is 16.7. The topological polar surface area (TPSA) is 123 Å². The third kappa shape index (κ3) is 3.35. The summed E-state index contributed by atoms with van der Waals surface area (Å²) in [7, 11) is 0. The number of carbonyl (C=O) groups is 2. The van der Waals surface area contributed by atoms with Gasteiger partial charge in [-0.3, -0.25) is 9.59 Å². The van der Waals surface area contributed by atoms with Crippen LogP contribution in [0, 0.1) is 0 Å². The third-order valence-corrected chi connectivity index (χ3v) is 5.55. The first-order valence-corrected chi connectivity index (χ1v) is 9.97. The van der Waals surface area contributed by atoms with Crippen LogP contribution in [0.1, 0.15) is 64.6 Å². The molecule has 1 aromatic rings. The molecule has 1 saturated heterocycles. The lowest BCUT2D eigenvalue weighted by molar-refractivity contribution is -0.241. The number of phenols is 1. The number of phenolic OH excluding ortho intramolecular Hbond substituents is 1. The van der Waals surface area contributed by atoms with Crippen LogP contribution in [0.25, 0.3) is 6.08 Å². The van der Waals surface area contributed by atoms with Gasteiger partial charge < -0.3 is 29.5 Å². The van der Waals surface area contributed by atoms with Gasteiger partial charge in [0.15, 0.2) is 17.9 Å². The minimum Gasteiger partial charge on any atom is -0.507 e. The van der Waals surface area contributed by atoms with E-state index in [-0.39, 0.29) is 29.1 Å². The van der Waals surface area contributed by atoms with Crippen molar-refractivity contribution in [2.24, 2.45) is 0 Å². The van der Waals surface area contributed by atoms with Crippen LogP contribution in [0.5, 0.6) is 5.75 Å². The fraction of sp³-hybridized carbons (Fsp3) is 0.455. The number of allylic oxidation sites excluding steroid dienone is 2. The largest absolute Gasteiger partial charge is 0.507 e. The number of rotatable bonds is 4. The Balaban J connectivity index is 1.77. The Bertz CT molecular complexity index is 960. The Labute approximate surface area is 173 Å². The molecule has 0 spiro atoms. The zero-order valence-corrected chi connectivity index (χ0v) is 16.8. The number of benzene rings is 1. The van der Waals surface area contributed by atoms with Crippen molar-refractivity contribution in [2.75, 3.05) is 13.2 Å². The Morgan fingerprint density at radius 1 is 1.23 bits per heavy atom. The lowest BCUT2D eigenvalue weighted by Crippen LogP contribution is -2.47. The lowest BCUT2D eigenvalue weighted by Gasteiger charge is -2.35. The Kier molecular flexibility index (Phi) is 5.50. The molecule has 0 unspecified atom stereocenters. The number of hydrogen-bond donors (Lipinski definition) is 3. The normalized spacial score (nSPS) is 28.3. The highest BCUT2D eigenvalue weighted by molar-refractivity contribution is 6.26. The van der Waals surface area contributed by atoms with E-state index in [4.69, 9.17) is 14.2 Å². The zero-order chi connectivity index (χ0) is 21.6. The second-order valence-electron chi connectivity index (χ2n) is 7.68. The molecule has 1 aromatic carbocycles. The molecule has 2 aliphatic heterocycles. The van der Waals surface area contributed by atoms with Gasteiger partial charge in [-0.05, 0) is 37.1 Å². The number of fused-ring (bicyclic) bond motifs is 2. The summed E-state index contributed by atoms with van der Waals surface area (Å²) in [6, 6.07) is 1.61. The number of aromatic hydroxyl groups is 1. The van der Waals surface area contributed by atoms with Crippen molar-refractivity contribution < 1.29 is 39.1 Å². The van der Waals surface area contributed by atoms with E-state index in [1.54, 1.807) is 19.1 Å². The van der Waals surface area contributed by atoms with Gasteiger partial charge in [0.1, 0.15) is 24.1 Å². The van der Waals surface area contributed by atoms with Gasteiger partial charge in [0.05, 0.1) is 30.1 Å². The fourth-order valence-corrected chi connectivity index (χ4v) is 4.10. The molecular formula is C22H24O8. The van der Waals surface area contributed by atoms with Gasteiger partial charge in [-0.25, -0.2) is 0 Å². The van der Waals surface area contributed by atoms with E-state index in [0.29, 0.717) is 23.3 Å². The van der Waals surface area contributed by atoms with Crippen LogP contribution in [0.4, 0.5) is 0 Å². The quantitative estimate of drug-likeness (QED) is 0.681. The fourth-order valence-electron chi connectivity index (χ4n) is 4.10. The van der Waals surface area contributed by atoms with Crippen LogP contribution in [0.2, 0.25) is 0 Å². The summed E-state index contributed by atoms with van der Waals surface area (Å²) in [5.74, 6) is -0.655. The molecule has 0 aromatic heterocycles. The van der Waals surface area contributed by atoms with Crippen molar-refractivity contribution >= 4 is 17.6 Å². The summed E-state index contributed by atoms with van der Waals surface area (Å²) in [6.45, 7) is 3.17. The first kappa shape index (κ1) is 20.7. The molecule has 0 radical (unpaired) electrons. The number of hydrogen-bond acceptors (Lipinski definition) is 8. The first-order valence-electron chi connectivity index (χ1n) is 9.97. The standard InChI is InChI=1S/C22H24O8/c1-3-4-16-18-11(5-10(2)29-16)6-12-14(24)7-13(20(26)19(12)21(18)27)22-28-9-15(25)17(8-23)30-22/h5-7,15-17,22-23,25,27H,3-4,8-9H2,1-2H3/t15-,16-,17+,22-/m0/s1. The second-order valence-corrected chi connectivity index (χ2v) is 7.68. The maximum Gasteiger partial charge on any atom is 0.198 e. The molecule has 3 aliphatic rings. The van der Waals surface area contributed by atoms with Crippen LogP contribution < -0.4 is 0 Å². The monoisotopic (exact) mass is 416 g/mol. The average Bonchev–Trinajstić information content (AvgIpc) is 2.70. The van der Waals surface area contributed by atoms with Crippen LogP contribution >= 0.6 is 0 Å². The van der Waals surface area contributed by atoms with Crippen molar-refractivity contribution in [1.82, 2.24) is 0 Å². The summed E-state index contributed by atoms with van der Waals surface area (Å²) in [5.41, 5.74) is 1.06. The van der Waals surface area contributed by atoms with E-state index in [9.17, 15) is 24.9 Å². The molecule has 0 amide bonds. The van der Waals surface area contributed by atoms with Crippen molar-refractivity contribution in [1.29, 1.82) is 0 Å². The van der Waals surface area contributed by atoms with E-state index in [1.807, 2.05) is 6.92 Å². The zero-order valence-electron chi connectivity index (χ0n) is 16.8. The lowest BCUT2D eigenvalue weighted by atomic mass is 9.82. The number of ketones is 2. The Hall–Kier alpha value is -2.52. The van der Waals surface area contributed by atoms with Gasteiger partial charge in [0.2, 0.25) is 0 Å².